The van der Waals surface area contributed by atoms with Gasteiger partial charge in [0.2, 0.25) is 0 Å². The number of piperidine rings is 1. The molecule has 1 fully saturated rings. The van der Waals surface area contributed by atoms with Crippen molar-refractivity contribution in [3.8, 4) is 0 Å². The van der Waals surface area contributed by atoms with Crippen molar-refractivity contribution in [1.82, 2.24) is 9.88 Å². The Hall–Kier alpha value is -0.770. The highest BCUT2D eigenvalue weighted by Gasteiger charge is 2.33. The zero-order valence-corrected chi connectivity index (χ0v) is 12.7. The number of amides is 1. The van der Waals surface area contributed by atoms with Crippen molar-refractivity contribution in [3.05, 3.63) is 22.4 Å². The second-order valence-corrected chi connectivity index (χ2v) is 6.15. The number of halogens is 1. The third kappa shape index (κ3) is 2.63. The molecule has 1 aromatic heterocycles. The summed E-state index contributed by atoms with van der Waals surface area (Å²) < 4.78 is 0.930. The Morgan fingerprint density at radius 2 is 2.00 bits per heavy atom. The lowest BCUT2D eigenvalue weighted by atomic mass is 9.74. The average molecular weight is 313 g/mol. The van der Waals surface area contributed by atoms with Crippen LogP contribution in [-0.4, -0.2) is 28.9 Å². The van der Waals surface area contributed by atoms with Gasteiger partial charge in [-0.25, -0.2) is 0 Å². The minimum Gasteiger partial charge on any atom is -0.356 e. The lowest BCUT2D eigenvalue weighted by Crippen LogP contribution is -2.42. The van der Waals surface area contributed by atoms with Crippen LogP contribution in [0.25, 0.3) is 0 Å². The number of hydrogen-bond donors (Lipinski definition) is 1. The molecule has 1 amide bonds. The van der Waals surface area contributed by atoms with E-state index in [0.29, 0.717) is 11.1 Å². The van der Waals surface area contributed by atoms with Gasteiger partial charge in [0, 0.05) is 23.8 Å². The molecule has 1 aromatic rings. The van der Waals surface area contributed by atoms with Crippen LogP contribution in [-0.2, 0) is 0 Å². The van der Waals surface area contributed by atoms with Crippen LogP contribution in [0.1, 0.15) is 50.0 Å². The Bertz CT molecular complexity index is 413. The van der Waals surface area contributed by atoms with Crippen molar-refractivity contribution < 1.29 is 4.79 Å². The fraction of sp³-hybridized carbons (Fsp3) is 0.643. The van der Waals surface area contributed by atoms with E-state index in [2.05, 4.69) is 34.8 Å². The van der Waals surface area contributed by atoms with Gasteiger partial charge in [0.05, 0.1) is 0 Å². The molecule has 0 unspecified atom stereocenters. The van der Waals surface area contributed by atoms with Gasteiger partial charge in [0.1, 0.15) is 5.69 Å². The summed E-state index contributed by atoms with van der Waals surface area (Å²) in [5, 5.41) is 0. The molecule has 18 heavy (non-hydrogen) atoms. The van der Waals surface area contributed by atoms with Crippen LogP contribution < -0.4 is 0 Å². The Morgan fingerprint density at radius 3 is 2.44 bits per heavy atom. The number of rotatable bonds is 3. The molecule has 0 aliphatic carbocycles. The number of hydrogen-bond acceptors (Lipinski definition) is 1. The van der Waals surface area contributed by atoms with Crippen molar-refractivity contribution >= 4 is 21.8 Å². The van der Waals surface area contributed by atoms with E-state index in [-0.39, 0.29) is 5.91 Å². The molecule has 1 N–H and O–H groups in total. The van der Waals surface area contributed by atoms with E-state index >= 15 is 0 Å². The summed E-state index contributed by atoms with van der Waals surface area (Å²) >= 11 is 3.36. The minimum atomic E-state index is 0.126. The molecule has 0 atom stereocenters. The molecule has 0 radical (unpaired) electrons. The molecule has 100 valence electrons. The third-order valence-corrected chi connectivity index (χ3v) is 4.95. The first-order chi connectivity index (χ1) is 8.60. The van der Waals surface area contributed by atoms with Crippen LogP contribution >= 0.6 is 15.9 Å². The number of nitrogens with one attached hydrogen (secondary N) is 1. The van der Waals surface area contributed by atoms with E-state index in [4.69, 9.17) is 0 Å². The second kappa shape index (κ2) is 5.47. The fourth-order valence-electron chi connectivity index (χ4n) is 2.80. The van der Waals surface area contributed by atoms with Crippen molar-refractivity contribution in [2.75, 3.05) is 13.1 Å². The number of H-pyrrole nitrogens is 1. The molecule has 1 aliphatic heterocycles. The number of aromatic nitrogens is 1. The van der Waals surface area contributed by atoms with E-state index in [1.165, 1.54) is 12.8 Å². The minimum absolute atomic E-state index is 0.126. The molecule has 2 rings (SSSR count). The normalized spacial score (nSPS) is 18.9. The smallest absolute Gasteiger partial charge is 0.270 e. The summed E-state index contributed by atoms with van der Waals surface area (Å²) in [7, 11) is 0. The van der Waals surface area contributed by atoms with Crippen LogP contribution in [0.5, 0.6) is 0 Å². The maximum atomic E-state index is 12.3. The molecule has 3 nitrogen and oxygen atoms in total. The standard InChI is InChI=1S/C14H21BrN2O/c1-3-14(4-2)5-7-17(8-6-14)13(18)12-9-11(15)10-16-12/h9-10,16H,3-8H2,1-2H3. The van der Waals surface area contributed by atoms with Gasteiger partial charge in [-0.1, -0.05) is 26.7 Å². The number of aromatic amines is 1. The van der Waals surface area contributed by atoms with E-state index in [0.717, 1.165) is 30.4 Å². The summed E-state index contributed by atoms with van der Waals surface area (Å²) in [5.41, 5.74) is 1.15. The molecule has 0 spiro atoms. The molecule has 0 bridgehead atoms. The molecular formula is C14H21BrN2O. The van der Waals surface area contributed by atoms with Gasteiger partial charge in [-0.2, -0.15) is 0 Å². The quantitative estimate of drug-likeness (QED) is 0.905. The predicted molar refractivity (Wildman–Crippen MR) is 76.6 cm³/mol. The van der Waals surface area contributed by atoms with Gasteiger partial charge in [0.25, 0.3) is 5.91 Å². The van der Waals surface area contributed by atoms with Crippen molar-refractivity contribution in [2.24, 2.45) is 5.41 Å². The van der Waals surface area contributed by atoms with Crippen molar-refractivity contribution in [3.63, 3.8) is 0 Å². The summed E-state index contributed by atoms with van der Waals surface area (Å²) in [4.78, 5) is 17.3. The Balaban J connectivity index is 1.99. The van der Waals surface area contributed by atoms with E-state index in [9.17, 15) is 4.79 Å². The van der Waals surface area contributed by atoms with Crippen LogP contribution in [0.15, 0.2) is 16.7 Å². The third-order valence-electron chi connectivity index (χ3n) is 4.49. The van der Waals surface area contributed by atoms with Crippen molar-refractivity contribution in [1.29, 1.82) is 0 Å². The number of carbonyl (C=O) groups excluding carboxylic acids is 1. The molecule has 4 heteroatoms. The van der Waals surface area contributed by atoms with Gasteiger partial charge in [-0.15, -0.1) is 0 Å². The summed E-state index contributed by atoms with van der Waals surface area (Å²) in [6.07, 6.45) is 6.51. The van der Waals surface area contributed by atoms with Gasteiger partial charge >= 0.3 is 0 Å². The highest BCUT2D eigenvalue weighted by atomic mass is 79.9. The molecule has 0 saturated carbocycles. The lowest BCUT2D eigenvalue weighted by molar-refractivity contribution is 0.0553. The topological polar surface area (TPSA) is 36.1 Å². The molecule has 1 aliphatic rings. The number of nitrogens with zero attached hydrogens (tertiary/aromatic N) is 1. The Kier molecular flexibility index (Phi) is 4.15. The lowest BCUT2D eigenvalue weighted by Gasteiger charge is -2.40. The monoisotopic (exact) mass is 312 g/mol. The van der Waals surface area contributed by atoms with Gasteiger partial charge in [-0.3, -0.25) is 4.79 Å². The van der Waals surface area contributed by atoms with Crippen LogP contribution in [0.3, 0.4) is 0 Å². The Labute approximate surface area is 117 Å². The molecule has 2 heterocycles. The maximum Gasteiger partial charge on any atom is 0.270 e. The molecular weight excluding hydrogens is 292 g/mol. The zero-order valence-electron chi connectivity index (χ0n) is 11.1. The summed E-state index contributed by atoms with van der Waals surface area (Å²) in [6, 6.07) is 1.85. The van der Waals surface area contributed by atoms with E-state index in [1.54, 1.807) is 6.20 Å². The van der Waals surface area contributed by atoms with Gasteiger partial charge in [-0.05, 0) is 40.3 Å². The highest BCUT2D eigenvalue weighted by molar-refractivity contribution is 9.10. The average Bonchev–Trinajstić information content (AvgIpc) is 2.85. The first-order valence-electron chi connectivity index (χ1n) is 6.73. The molecule has 0 aromatic carbocycles. The van der Waals surface area contributed by atoms with Crippen LogP contribution in [0.2, 0.25) is 0 Å². The second-order valence-electron chi connectivity index (χ2n) is 5.23. The van der Waals surface area contributed by atoms with Gasteiger partial charge < -0.3 is 9.88 Å². The van der Waals surface area contributed by atoms with Crippen molar-refractivity contribution in [2.45, 2.75) is 39.5 Å². The van der Waals surface area contributed by atoms with E-state index < -0.39 is 0 Å². The fourth-order valence-corrected chi connectivity index (χ4v) is 3.15. The zero-order chi connectivity index (χ0) is 13.2. The first-order valence-corrected chi connectivity index (χ1v) is 7.53. The predicted octanol–water partition coefficient (Wildman–Crippen LogP) is 3.82. The van der Waals surface area contributed by atoms with Gasteiger partial charge in [0.15, 0.2) is 0 Å². The molecule has 1 saturated heterocycles. The summed E-state index contributed by atoms with van der Waals surface area (Å²) in [5.74, 6) is 0.126. The largest absolute Gasteiger partial charge is 0.356 e. The first kappa shape index (κ1) is 13.7. The SMILES string of the molecule is CCC1(CC)CCN(C(=O)c2cc(Br)c[nH]2)CC1. The summed E-state index contributed by atoms with van der Waals surface area (Å²) in [6.45, 7) is 6.31. The van der Waals surface area contributed by atoms with Crippen LogP contribution in [0.4, 0.5) is 0 Å². The van der Waals surface area contributed by atoms with Crippen LogP contribution in [0, 0.1) is 5.41 Å². The maximum absolute atomic E-state index is 12.3. The number of likely N-dealkylation sites (tertiary alicyclic amines) is 1. The highest BCUT2D eigenvalue weighted by Crippen LogP contribution is 2.38. The van der Waals surface area contributed by atoms with E-state index in [1.807, 2.05) is 11.0 Å². The Morgan fingerprint density at radius 1 is 1.39 bits per heavy atom. The number of carbonyl (C=O) groups is 1.